The first kappa shape index (κ1) is 13.5. The standard InChI is InChI=1S/C14H16N2O2S/c1-10-13(19-9-16-10)7-8-15-14(17)11-5-3-4-6-12(11)18-2/h3-6,9H,7-8H2,1-2H3,(H,15,17). The van der Waals surface area contributed by atoms with Crippen LogP contribution in [0.25, 0.3) is 0 Å². The van der Waals surface area contributed by atoms with E-state index in [0.29, 0.717) is 17.9 Å². The van der Waals surface area contributed by atoms with E-state index in [-0.39, 0.29) is 5.91 Å². The Labute approximate surface area is 116 Å². The summed E-state index contributed by atoms with van der Waals surface area (Å²) in [6, 6.07) is 7.20. The maximum atomic E-state index is 12.0. The number of nitrogens with one attached hydrogen (secondary N) is 1. The lowest BCUT2D eigenvalue weighted by atomic mass is 10.2. The first-order valence-corrected chi connectivity index (χ1v) is 6.90. The van der Waals surface area contributed by atoms with Crippen LogP contribution in [0.4, 0.5) is 0 Å². The molecule has 0 aliphatic heterocycles. The van der Waals surface area contributed by atoms with Crippen molar-refractivity contribution in [3.63, 3.8) is 0 Å². The molecule has 0 unspecified atom stereocenters. The molecule has 2 rings (SSSR count). The topological polar surface area (TPSA) is 51.2 Å². The van der Waals surface area contributed by atoms with Gasteiger partial charge in [0.1, 0.15) is 5.75 Å². The summed E-state index contributed by atoms with van der Waals surface area (Å²) in [7, 11) is 1.56. The molecule has 1 aromatic carbocycles. The van der Waals surface area contributed by atoms with E-state index in [0.717, 1.165) is 12.1 Å². The van der Waals surface area contributed by atoms with Gasteiger partial charge in [-0.3, -0.25) is 4.79 Å². The van der Waals surface area contributed by atoms with Crippen LogP contribution in [0.2, 0.25) is 0 Å². The first-order valence-electron chi connectivity index (χ1n) is 6.02. The second kappa shape index (κ2) is 6.33. The summed E-state index contributed by atoms with van der Waals surface area (Å²) in [4.78, 5) is 17.4. The molecule has 0 spiro atoms. The molecule has 100 valence electrons. The zero-order valence-electron chi connectivity index (χ0n) is 11.0. The number of rotatable bonds is 5. The van der Waals surface area contributed by atoms with Gasteiger partial charge in [-0.25, -0.2) is 4.98 Å². The van der Waals surface area contributed by atoms with E-state index >= 15 is 0 Å². The van der Waals surface area contributed by atoms with Crippen molar-refractivity contribution in [2.24, 2.45) is 0 Å². The number of carbonyl (C=O) groups excluding carboxylic acids is 1. The molecule has 0 fully saturated rings. The molecule has 4 nitrogen and oxygen atoms in total. The maximum absolute atomic E-state index is 12.0. The number of amides is 1. The molecule has 0 saturated carbocycles. The van der Waals surface area contributed by atoms with Crippen molar-refractivity contribution in [3.05, 3.63) is 45.9 Å². The number of ether oxygens (including phenoxy) is 1. The third kappa shape index (κ3) is 3.32. The number of hydrogen-bond acceptors (Lipinski definition) is 4. The van der Waals surface area contributed by atoms with Gasteiger partial charge < -0.3 is 10.1 Å². The van der Waals surface area contributed by atoms with E-state index in [9.17, 15) is 4.79 Å². The van der Waals surface area contributed by atoms with Crippen molar-refractivity contribution in [2.75, 3.05) is 13.7 Å². The van der Waals surface area contributed by atoms with E-state index in [4.69, 9.17) is 4.74 Å². The Morgan fingerprint density at radius 1 is 1.42 bits per heavy atom. The van der Waals surface area contributed by atoms with Crippen molar-refractivity contribution >= 4 is 17.2 Å². The maximum Gasteiger partial charge on any atom is 0.255 e. The minimum absolute atomic E-state index is 0.111. The monoisotopic (exact) mass is 276 g/mol. The van der Waals surface area contributed by atoms with Gasteiger partial charge in [-0.1, -0.05) is 12.1 Å². The quantitative estimate of drug-likeness (QED) is 0.912. The molecule has 0 aliphatic rings. The normalized spacial score (nSPS) is 10.2. The fourth-order valence-electron chi connectivity index (χ4n) is 1.78. The second-order valence-electron chi connectivity index (χ2n) is 4.07. The van der Waals surface area contributed by atoms with Crippen LogP contribution in [0.15, 0.2) is 29.8 Å². The molecule has 0 atom stereocenters. The third-order valence-electron chi connectivity index (χ3n) is 2.83. The smallest absolute Gasteiger partial charge is 0.255 e. The van der Waals surface area contributed by atoms with Gasteiger partial charge in [-0.05, 0) is 19.1 Å². The molecule has 0 saturated heterocycles. The molecule has 19 heavy (non-hydrogen) atoms. The van der Waals surface area contributed by atoms with E-state index in [1.807, 2.05) is 24.6 Å². The van der Waals surface area contributed by atoms with Crippen LogP contribution in [0, 0.1) is 6.92 Å². The second-order valence-corrected chi connectivity index (χ2v) is 5.01. The molecular formula is C14H16N2O2S. The van der Waals surface area contributed by atoms with Gasteiger partial charge >= 0.3 is 0 Å². The van der Waals surface area contributed by atoms with Crippen molar-refractivity contribution < 1.29 is 9.53 Å². The zero-order valence-corrected chi connectivity index (χ0v) is 11.8. The lowest BCUT2D eigenvalue weighted by Crippen LogP contribution is -2.26. The number of hydrogen-bond donors (Lipinski definition) is 1. The van der Waals surface area contributed by atoms with Crippen molar-refractivity contribution in [3.8, 4) is 5.75 Å². The Morgan fingerprint density at radius 2 is 2.21 bits per heavy atom. The number of para-hydroxylation sites is 1. The van der Waals surface area contributed by atoms with E-state index in [1.54, 1.807) is 30.6 Å². The highest BCUT2D eigenvalue weighted by Crippen LogP contribution is 2.17. The SMILES string of the molecule is COc1ccccc1C(=O)NCCc1scnc1C. The number of benzene rings is 1. The van der Waals surface area contributed by atoms with Gasteiger partial charge in [0.25, 0.3) is 5.91 Å². The molecule has 5 heteroatoms. The van der Waals surface area contributed by atoms with Crippen molar-refractivity contribution in [1.82, 2.24) is 10.3 Å². The predicted octanol–water partition coefficient (Wildman–Crippen LogP) is 2.43. The molecule has 2 aromatic rings. The lowest BCUT2D eigenvalue weighted by Gasteiger charge is -2.08. The molecule has 1 heterocycles. The Balaban J connectivity index is 1.93. The number of aromatic nitrogens is 1. The number of methoxy groups -OCH3 is 1. The highest BCUT2D eigenvalue weighted by molar-refractivity contribution is 7.09. The van der Waals surface area contributed by atoms with Crippen molar-refractivity contribution in [1.29, 1.82) is 0 Å². The number of nitrogens with zero attached hydrogens (tertiary/aromatic N) is 1. The third-order valence-corrected chi connectivity index (χ3v) is 3.83. The first-order chi connectivity index (χ1) is 9.22. The number of carbonyl (C=O) groups is 1. The van der Waals surface area contributed by atoms with E-state index < -0.39 is 0 Å². The van der Waals surface area contributed by atoms with Crippen LogP contribution in [-0.2, 0) is 6.42 Å². The van der Waals surface area contributed by atoms with Gasteiger partial charge in [-0.2, -0.15) is 0 Å². The Hall–Kier alpha value is -1.88. The minimum atomic E-state index is -0.111. The fraction of sp³-hybridized carbons (Fsp3) is 0.286. The van der Waals surface area contributed by atoms with Gasteiger partial charge in [0.2, 0.25) is 0 Å². The average Bonchev–Trinajstić information content (AvgIpc) is 2.84. The van der Waals surface area contributed by atoms with Crippen LogP contribution in [0.3, 0.4) is 0 Å². The molecule has 1 N–H and O–H groups in total. The highest BCUT2D eigenvalue weighted by atomic mass is 32.1. The lowest BCUT2D eigenvalue weighted by molar-refractivity contribution is 0.0951. The zero-order chi connectivity index (χ0) is 13.7. The average molecular weight is 276 g/mol. The highest BCUT2D eigenvalue weighted by Gasteiger charge is 2.11. The van der Waals surface area contributed by atoms with Crippen LogP contribution >= 0.6 is 11.3 Å². The Bertz CT molecular complexity index is 566. The summed E-state index contributed by atoms with van der Waals surface area (Å²) in [6.07, 6.45) is 0.803. The molecule has 0 aliphatic carbocycles. The summed E-state index contributed by atoms with van der Waals surface area (Å²) in [5.41, 5.74) is 3.43. The van der Waals surface area contributed by atoms with Crippen LogP contribution < -0.4 is 10.1 Å². The summed E-state index contributed by atoms with van der Waals surface area (Å²) < 4.78 is 5.17. The molecule has 0 radical (unpaired) electrons. The fourth-order valence-corrected chi connectivity index (χ4v) is 2.56. The van der Waals surface area contributed by atoms with Crippen LogP contribution in [-0.4, -0.2) is 24.5 Å². The summed E-state index contributed by atoms with van der Waals surface area (Å²) in [5.74, 6) is 0.480. The summed E-state index contributed by atoms with van der Waals surface area (Å²) in [6.45, 7) is 2.58. The number of aryl methyl sites for hydroxylation is 1. The predicted molar refractivity (Wildman–Crippen MR) is 75.9 cm³/mol. The van der Waals surface area contributed by atoms with Gasteiger partial charge in [0.15, 0.2) is 0 Å². The molecule has 1 aromatic heterocycles. The largest absolute Gasteiger partial charge is 0.496 e. The Morgan fingerprint density at radius 3 is 2.89 bits per heavy atom. The number of thiazole rings is 1. The molecular weight excluding hydrogens is 260 g/mol. The van der Waals surface area contributed by atoms with Gasteiger partial charge in [-0.15, -0.1) is 11.3 Å². The van der Waals surface area contributed by atoms with Gasteiger partial charge in [0.05, 0.1) is 23.9 Å². The van der Waals surface area contributed by atoms with Crippen LogP contribution in [0.5, 0.6) is 5.75 Å². The van der Waals surface area contributed by atoms with Crippen LogP contribution in [0.1, 0.15) is 20.9 Å². The summed E-state index contributed by atoms with van der Waals surface area (Å²) in [5, 5.41) is 2.90. The summed E-state index contributed by atoms with van der Waals surface area (Å²) >= 11 is 1.62. The van der Waals surface area contributed by atoms with E-state index in [2.05, 4.69) is 10.3 Å². The van der Waals surface area contributed by atoms with E-state index in [1.165, 1.54) is 4.88 Å². The van der Waals surface area contributed by atoms with Crippen molar-refractivity contribution in [2.45, 2.75) is 13.3 Å². The van der Waals surface area contributed by atoms with Gasteiger partial charge in [0, 0.05) is 17.8 Å². The molecule has 1 amide bonds. The minimum Gasteiger partial charge on any atom is -0.496 e. The Kier molecular flexibility index (Phi) is 4.52. The molecule has 0 bridgehead atoms.